The Bertz CT molecular complexity index is 471. The van der Waals surface area contributed by atoms with Crippen molar-refractivity contribution in [3.8, 4) is 0 Å². The van der Waals surface area contributed by atoms with Crippen LogP contribution in [0.3, 0.4) is 0 Å². The summed E-state index contributed by atoms with van der Waals surface area (Å²) in [6.45, 7) is 0. The number of carbonyl (C=O) groups excluding carboxylic acids is 1. The van der Waals surface area contributed by atoms with Crippen LogP contribution in [0.25, 0.3) is 0 Å². The molecule has 0 spiro atoms. The topological polar surface area (TPSA) is 63.6 Å². The van der Waals surface area contributed by atoms with Gasteiger partial charge in [-0.1, -0.05) is 0 Å². The Morgan fingerprint density at radius 1 is 1.33 bits per heavy atom. The van der Waals surface area contributed by atoms with E-state index in [-0.39, 0.29) is 19.3 Å². The predicted octanol–water partition coefficient (Wildman–Crippen LogP) is 2.16. The zero-order valence-electron chi connectivity index (χ0n) is 9.70. The molecule has 1 aromatic rings. The van der Waals surface area contributed by atoms with Gasteiger partial charge in [0.25, 0.3) is 0 Å². The van der Waals surface area contributed by atoms with E-state index in [2.05, 4.69) is 4.74 Å². The van der Waals surface area contributed by atoms with Gasteiger partial charge in [-0.15, -0.1) is 0 Å². The van der Waals surface area contributed by atoms with Crippen LogP contribution in [0.2, 0.25) is 0 Å². The minimum atomic E-state index is -1.26. The number of carboxylic acids is 1. The number of carboxylic acid groups (broad SMARTS) is 1. The second-order valence-electron chi connectivity index (χ2n) is 3.68. The Hall–Kier alpha value is -1.98. The summed E-state index contributed by atoms with van der Waals surface area (Å²) in [4.78, 5) is 21.5. The van der Waals surface area contributed by atoms with Gasteiger partial charge in [0.2, 0.25) is 0 Å². The molecule has 0 aromatic heterocycles. The molecule has 1 N–H and O–H groups in total. The number of halogens is 2. The van der Waals surface area contributed by atoms with Gasteiger partial charge in [-0.2, -0.15) is 0 Å². The average Bonchev–Trinajstić information content (AvgIpc) is 2.32. The molecule has 0 aliphatic carbocycles. The largest absolute Gasteiger partial charge is 0.481 e. The van der Waals surface area contributed by atoms with Gasteiger partial charge >= 0.3 is 11.9 Å². The first-order valence-corrected chi connectivity index (χ1v) is 5.23. The van der Waals surface area contributed by atoms with Crippen LogP contribution in [-0.2, 0) is 16.0 Å². The van der Waals surface area contributed by atoms with Crippen molar-refractivity contribution in [1.29, 1.82) is 0 Å². The van der Waals surface area contributed by atoms with Crippen molar-refractivity contribution < 1.29 is 28.2 Å². The molecule has 0 bridgehead atoms. The SMILES string of the molecule is COC(=O)c1cc(CCCC(=O)O)cc(F)c1F. The summed E-state index contributed by atoms with van der Waals surface area (Å²) < 4.78 is 30.9. The fourth-order valence-electron chi connectivity index (χ4n) is 1.49. The molecule has 0 aliphatic heterocycles. The van der Waals surface area contributed by atoms with Gasteiger partial charge in [-0.25, -0.2) is 13.6 Å². The molecule has 6 heteroatoms. The molecule has 98 valence electrons. The number of aliphatic carboxylic acids is 1. The van der Waals surface area contributed by atoms with Crippen LogP contribution in [-0.4, -0.2) is 24.2 Å². The average molecular weight is 258 g/mol. The molecule has 0 saturated heterocycles. The summed E-state index contributed by atoms with van der Waals surface area (Å²) in [6.07, 6.45) is 0.446. The molecule has 4 nitrogen and oxygen atoms in total. The van der Waals surface area contributed by atoms with Crippen molar-refractivity contribution in [3.63, 3.8) is 0 Å². The first-order valence-electron chi connectivity index (χ1n) is 5.23. The highest BCUT2D eigenvalue weighted by atomic mass is 19.2. The number of rotatable bonds is 5. The number of aryl methyl sites for hydroxylation is 1. The highest BCUT2D eigenvalue weighted by molar-refractivity contribution is 5.89. The maximum atomic E-state index is 13.3. The molecule has 1 aromatic carbocycles. The lowest BCUT2D eigenvalue weighted by molar-refractivity contribution is -0.137. The number of hydrogen-bond acceptors (Lipinski definition) is 3. The van der Waals surface area contributed by atoms with Crippen molar-refractivity contribution >= 4 is 11.9 Å². The van der Waals surface area contributed by atoms with E-state index in [1.807, 2.05) is 0 Å². The fraction of sp³-hybridized carbons (Fsp3) is 0.333. The molecule has 0 atom stereocenters. The van der Waals surface area contributed by atoms with Gasteiger partial charge in [0.15, 0.2) is 11.6 Å². The summed E-state index contributed by atoms with van der Waals surface area (Å²) in [5.41, 5.74) is -0.127. The number of benzene rings is 1. The molecular weight excluding hydrogens is 246 g/mol. The summed E-state index contributed by atoms with van der Waals surface area (Å²) in [5.74, 6) is -4.34. The van der Waals surface area contributed by atoms with E-state index in [9.17, 15) is 18.4 Å². The summed E-state index contributed by atoms with van der Waals surface area (Å²) in [5, 5.41) is 8.46. The summed E-state index contributed by atoms with van der Waals surface area (Å²) >= 11 is 0. The number of esters is 1. The third kappa shape index (κ3) is 3.51. The molecule has 0 aliphatic rings. The zero-order chi connectivity index (χ0) is 13.7. The maximum Gasteiger partial charge on any atom is 0.340 e. The molecule has 0 saturated carbocycles. The Morgan fingerprint density at radius 2 is 2.00 bits per heavy atom. The smallest absolute Gasteiger partial charge is 0.340 e. The van der Waals surface area contributed by atoms with E-state index >= 15 is 0 Å². The van der Waals surface area contributed by atoms with Crippen molar-refractivity contribution in [1.82, 2.24) is 0 Å². The minimum Gasteiger partial charge on any atom is -0.481 e. The third-order valence-corrected chi connectivity index (χ3v) is 2.35. The number of carbonyl (C=O) groups is 2. The van der Waals surface area contributed by atoms with Gasteiger partial charge in [0, 0.05) is 6.42 Å². The van der Waals surface area contributed by atoms with Crippen LogP contribution in [0.5, 0.6) is 0 Å². The molecule has 0 radical (unpaired) electrons. The van der Waals surface area contributed by atoms with E-state index in [0.29, 0.717) is 5.56 Å². The lowest BCUT2D eigenvalue weighted by atomic mass is 10.0. The van der Waals surface area contributed by atoms with Crippen LogP contribution in [0.4, 0.5) is 8.78 Å². The van der Waals surface area contributed by atoms with Gasteiger partial charge in [-0.05, 0) is 30.5 Å². The number of ether oxygens (including phenoxy) is 1. The van der Waals surface area contributed by atoms with Crippen LogP contribution in [0.1, 0.15) is 28.8 Å². The molecule has 18 heavy (non-hydrogen) atoms. The first-order chi connectivity index (χ1) is 8.45. The van der Waals surface area contributed by atoms with E-state index in [0.717, 1.165) is 13.2 Å². The van der Waals surface area contributed by atoms with E-state index in [1.54, 1.807) is 0 Å². The normalized spacial score (nSPS) is 10.2. The highest BCUT2D eigenvalue weighted by Gasteiger charge is 2.17. The third-order valence-electron chi connectivity index (χ3n) is 2.35. The Morgan fingerprint density at radius 3 is 2.56 bits per heavy atom. The Labute approximate surface area is 102 Å². The van der Waals surface area contributed by atoms with Crippen molar-refractivity contribution in [3.05, 3.63) is 34.9 Å². The van der Waals surface area contributed by atoms with Gasteiger partial charge < -0.3 is 9.84 Å². The monoisotopic (exact) mass is 258 g/mol. The molecule has 0 heterocycles. The van der Waals surface area contributed by atoms with Crippen molar-refractivity contribution in [2.75, 3.05) is 7.11 Å². The van der Waals surface area contributed by atoms with Gasteiger partial charge in [0.05, 0.1) is 12.7 Å². The van der Waals surface area contributed by atoms with Gasteiger partial charge in [-0.3, -0.25) is 4.79 Å². The van der Waals surface area contributed by atoms with E-state index in [4.69, 9.17) is 5.11 Å². The fourth-order valence-corrected chi connectivity index (χ4v) is 1.49. The summed E-state index contributed by atoms with van der Waals surface area (Å²) in [6, 6.07) is 2.12. The van der Waals surface area contributed by atoms with E-state index < -0.39 is 29.1 Å². The number of hydrogen-bond donors (Lipinski definition) is 1. The van der Waals surface area contributed by atoms with E-state index in [1.165, 1.54) is 6.07 Å². The quantitative estimate of drug-likeness (QED) is 0.822. The molecule has 0 amide bonds. The highest BCUT2D eigenvalue weighted by Crippen LogP contribution is 2.17. The Kier molecular flexibility index (Phi) is 4.76. The van der Waals surface area contributed by atoms with Crippen molar-refractivity contribution in [2.24, 2.45) is 0 Å². The maximum absolute atomic E-state index is 13.3. The molecular formula is C12H12F2O4. The first kappa shape index (κ1) is 14.1. The van der Waals surface area contributed by atoms with Crippen molar-refractivity contribution in [2.45, 2.75) is 19.3 Å². The standard InChI is InChI=1S/C12H12F2O4/c1-18-12(17)8-5-7(3-2-4-10(15)16)6-9(13)11(8)14/h5-6H,2-4H2,1H3,(H,15,16). The van der Waals surface area contributed by atoms with Crippen LogP contribution < -0.4 is 0 Å². The predicted molar refractivity (Wildman–Crippen MR) is 58.3 cm³/mol. The van der Waals surface area contributed by atoms with Gasteiger partial charge in [0.1, 0.15) is 0 Å². The second-order valence-corrected chi connectivity index (χ2v) is 3.68. The lowest BCUT2D eigenvalue weighted by Crippen LogP contribution is -2.08. The van der Waals surface area contributed by atoms with Crippen LogP contribution in [0, 0.1) is 11.6 Å². The minimum absolute atomic E-state index is 0.0768. The molecule has 0 fully saturated rings. The van der Waals surface area contributed by atoms with Crippen LogP contribution in [0.15, 0.2) is 12.1 Å². The second kappa shape index (κ2) is 6.09. The molecule has 1 rings (SSSR count). The zero-order valence-corrected chi connectivity index (χ0v) is 9.70. The number of methoxy groups -OCH3 is 1. The lowest BCUT2D eigenvalue weighted by Gasteiger charge is -2.06. The summed E-state index contributed by atoms with van der Waals surface area (Å²) in [7, 11) is 1.07. The Balaban J connectivity index is 2.90. The molecule has 0 unspecified atom stereocenters. The van der Waals surface area contributed by atoms with Crippen LogP contribution >= 0.6 is 0 Å².